The summed E-state index contributed by atoms with van der Waals surface area (Å²) >= 11 is 0. The van der Waals surface area contributed by atoms with Gasteiger partial charge in [0.25, 0.3) is 14.2 Å². The number of rotatable bonds is 13. The zero-order valence-electron chi connectivity index (χ0n) is 34.7. The lowest BCUT2D eigenvalue weighted by Crippen LogP contribution is -2.69. The van der Waals surface area contributed by atoms with Gasteiger partial charge in [-0.15, -0.1) is 0 Å². The van der Waals surface area contributed by atoms with Gasteiger partial charge in [-0.3, -0.25) is 9.59 Å². The highest BCUT2D eigenvalue weighted by Gasteiger charge is 2.52. The van der Waals surface area contributed by atoms with Crippen LogP contribution in [0.5, 0.6) is 0 Å². The summed E-state index contributed by atoms with van der Waals surface area (Å²) in [6.45, 7) is 13.3. The second-order valence-corrected chi connectivity index (χ2v) is 23.5. The summed E-state index contributed by atoms with van der Waals surface area (Å²) < 4.78 is 90.3. The van der Waals surface area contributed by atoms with E-state index in [1.807, 2.05) is 104 Å². The molecule has 5 rings (SSSR count). The van der Waals surface area contributed by atoms with E-state index in [4.69, 9.17) is 4.43 Å². The second-order valence-electron chi connectivity index (χ2n) is 17.0. The van der Waals surface area contributed by atoms with E-state index in [1.165, 1.54) is 0 Å². The maximum Gasteiger partial charge on any atom is 0.416 e. The van der Waals surface area contributed by atoms with Crippen LogP contribution in [0.1, 0.15) is 70.0 Å². The molecule has 5 aromatic carbocycles. The summed E-state index contributed by atoms with van der Waals surface area (Å²) in [5, 5.41) is 9.40. The second kappa shape index (κ2) is 18.5. The average Bonchev–Trinajstić information content (AvgIpc) is 3.19. The Kier molecular flexibility index (Phi) is 14.2. The van der Waals surface area contributed by atoms with Crippen molar-refractivity contribution in [2.75, 3.05) is 6.16 Å². The van der Waals surface area contributed by atoms with Crippen molar-refractivity contribution in [2.24, 2.45) is 5.41 Å². The number of nitrogens with one attached hydrogen (secondary N) is 2. The molecule has 0 spiro atoms. The normalized spacial score (nSPS) is 14.3. The van der Waals surface area contributed by atoms with Crippen LogP contribution in [0.2, 0.25) is 5.04 Å². The summed E-state index contributed by atoms with van der Waals surface area (Å²) in [6.07, 6.45) is -10.6. The summed E-state index contributed by atoms with van der Waals surface area (Å²) in [6, 6.07) is 38.4. The van der Waals surface area contributed by atoms with Gasteiger partial charge in [-0.1, -0.05) is 163 Å². The van der Waals surface area contributed by atoms with E-state index in [2.05, 4.69) is 55.7 Å². The van der Waals surface area contributed by atoms with Crippen molar-refractivity contribution in [1.29, 1.82) is 0 Å². The van der Waals surface area contributed by atoms with Crippen LogP contribution in [0.4, 0.5) is 26.3 Å². The molecule has 0 aliphatic carbocycles. The van der Waals surface area contributed by atoms with Crippen LogP contribution in [0.25, 0.3) is 0 Å². The van der Waals surface area contributed by atoms with Crippen LogP contribution in [0.15, 0.2) is 140 Å². The van der Waals surface area contributed by atoms with Gasteiger partial charge in [0.1, 0.15) is 6.04 Å². The molecule has 5 aromatic rings. The third-order valence-corrected chi connectivity index (χ3v) is 18.2. The molecule has 0 saturated carbocycles. The maximum atomic E-state index is 14.8. The van der Waals surface area contributed by atoms with Crippen molar-refractivity contribution in [3.63, 3.8) is 0 Å². The van der Waals surface area contributed by atoms with E-state index < -0.39 is 85.7 Å². The average molecular weight is 865 g/mol. The summed E-state index contributed by atoms with van der Waals surface area (Å²) in [4.78, 5) is 28.5. The molecule has 2 N–H and O–H groups in total. The minimum Gasteiger partial charge on any atom is -0.403 e. The first-order valence-electron chi connectivity index (χ1n) is 19.6. The number of amides is 2. The molecule has 0 bridgehead atoms. The van der Waals surface area contributed by atoms with E-state index in [0.29, 0.717) is 18.3 Å². The number of benzene rings is 5. The first-order chi connectivity index (χ1) is 28.0. The molecule has 13 heteroatoms. The SMILES string of the molecule is C[C@H](O[Si](c1ccccc1)(c1ccccc1)C(C)(C)C)[C@H](CP(c1ccccc1)c1ccccc1)NC(=O)[C@@H](NC(=O)c1cc(C(F)(F)F)cc(C(F)(F)F)c1)C(C)(C)C. The Balaban J connectivity index is 1.61. The predicted octanol–water partition coefficient (Wildman–Crippen LogP) is 9.45. The Morgan fingerprint density at radius 2 is 1.02 bits per heavy atom. The minimum atomic E-state index is -5.17. The summed E-state index contributed by atoms with van der Waals surface area (Å²) in [7, 11) is -4.35. The van der Waals surface area contributed by atoms with E-state index in [9.17, 15) is 35.9 Å². The van der Waals surface area contributed by atoms with Crippen molar-refractivity contribution < 1.29 is 40.4 Å². The first kappa shape index (κ1) is 46.3. The molecular weight excluding hydrogens is 814 g/mol. The minimum absolute atomic E-state index is 0.0414. The van der Waals surface area contributed by atoms with Crippen molar-refractivity contribution in [3.05, 3.63) is 156 Å². The molecule has 0 saturated heterocycles. The molecule has 0 aliphatic rings. The zero-order chi connectivity index (χ0) is 44.1. The molecular formula is C47H51F6N2O3PSi. The van der Waals surface area contributed by atoms with Gasteiger partial charge in [-0.05, 0) is 70.6 Å². The molecule has 0 fully saturated rings. The van der Waals surface area contributed by atoms with Gasteiger partial charge in [0.15, 0.2) is 0 Å². The molecule has 60 heavy (non-hydrogen) atoms. The predicted molar refractivity (Wildman–Crippen MR) is 231 cm³/mol. The molecule has 0 radical (unpaired) electrons. The van der Waals surface area contributed by atoms with Gasteiger partial charge in [-0.2, -0.15) is 26.3 Å². The number of hydrogen-bond acceptors (Lipinski definition) is 3. The maximum absolute atomic E-state index is 14.8. The number of carbonyl (C=O) groups excluding carboxylic acids is 2. The standard InChI is InChI=1S/C47H51F6N2O3PSi/c1-32(58-60(45(5,6)7,38-24-16-10-17-25-38)39-26-18-11-19-27-39)40(31-59(36-20-12-8-13-21-36)37-22-14-9-15-23-37)54-43(57)41(44(2,3)4)55-42(56)33-28-34(46(48,49)50)30-35(29-33)47(51,52)53/h8-30,32,40-41H,31H2,1-7H3,(H,54,57)(H,55,56)/t32-,40-,41+/m0/s1. The van der Waals surface area contributed by atoms with Gasteiger partial charge in [-0.25, -0.2) is 0 Å². The smallest absolute Gasteiger partial charge is 0.403 e. The Morgan fingerprint density at radius 1 is 0.617 bits per heavy atom. The van der Waals surface area contributed by atoms with Crippen LogP contribution in [0.3, 0.4) is 0 Å². The fraction of sp³-hybridized carbons (Fsp3) is 0.319. The lowest BCUT2D eigenvalue weighted by molar-refractivity contribution is -0.143. The van der Waals surface area contributed by atoms with E-state index in [0.717, 1.165) is 21.0 Å². The van der Waals surface area contributed by atoms with Crippen molar-refractivity contribution >= 4 is 49.0 Å². The number of carbonyl (C=O) groups is 2. The molecule has 3 atom stereocenters. The Labute approximate surface area is 350 Å². The lowest BCUT2D eigenvalue weighted by atomic mass is 9.85. The van der Waals surface area contributed by atoms with E-state index >= 15 is 0 Å². The molecule has 2 amide bonds. The van der Waals surface area contributed by atoms with Gasteiger partial charge in [0.2, 0.25) is 5.91 Å². The number of hydrogen-bond donors (Lipinski definition) is 2. The van der Waals surface area contributed by atoms with Crippen LogP contribution >= 0.6 is 7.92 Å². The fourth-order valence-electron chi connectivity index (χ4n) is 7.38. The van der Waals surface area contributed by atoms with Gasteiger partial charge >= 0.3 is 12.4 Å². The van der Waals surface area contributed by atoms with Gasteiger partial charge in [0, 0.05) is 5.56 Å². The Morgan fingerprint density at radius 3 is 1.38 bits per heavy atom. The summed E-state index contributed by atoms with van der Waals surface area (Å²) in [5.74, 6) is -1.93. The fourth-order valence-corrected chi connectivity index (χ4v) is 14.7. The van der Waals surface area contributed by atoms with Gasteiger partial charge in [0.05, 0.1) is 23.3 Å². The third-order valence-electron chi connectivity index (χ3n) is 10.4. The molecule has 0 unspecified atom stereocenters. The highest BCUT2D eigenvalue weighted by atomic mass is 31.1. The van der Waals surface area contributed by atoms with Crippen molar-refractivity contribution in [1.82, 2.24) is 10.6 Å². The lowest BCUT2D eigenvalue weighted by Gasteiger charge is -2.46. The van der Waals surface area contributed by atoms with Crippen molar-refractivity contribution in [3.8, 4) is 0 Å². The highest BCUT2D eigenvalue weighted by molar-refractivity contribution is 7.73. The van der Waals surface area contributed by atoms with Crippen LogP contribution in [-0.2, 0) is 21.6 Å². The van der Waals surface area contributed by atoms with Crippen molar-refractivity contribution in [2.45, 2.75) is 84.0 Å². The molecule has 0 aliphatic heterocycles. The van der Waals surface area contributed by atoms with Crippen LogP contribution in [0, 0.1) is 5.41 Å². The van der Waals surface area contributed by atoms with E-state index in [1.54, 1.807) is 20.8 Å². The highest BCUT2D eigenvalue weighted by Crippen LogP contribution is 2.41. The molecule has 318 valence electrons. The third kappa shape index (κ3) is 10.9. The van der Waals surface area contributed by atoms with Gasteiger partial charge < -0.3 is 15.1 Å². The summed E-state index contributed by atoms with van der Waals surface area (Å²) in [5.41, 5.74) is -5.20. The zero-order valence-corrected chi connectivity index (χ0v) is 36.6. The number of halogens is 6. The van der Waals surface area contributed by atoms with Crippen LogP contribution in [-0.4, -0.2) is 44.5 Å². The van der Waals surface area contributed by atoms with Crippen LogP contribution < -0.4 is 31.6 Å². The Hall–Kier alpha value is -4.77. The Bertz CT molecular complexity index is 2080. The molecule has 0 aromatic heterocycles. The number of alkyl halides is 6. The quantitative estimate of drug-likeness (QED) is 0.0705. The van der Waals surface area contributed by atoms with E-state index in [-0.39, 0.29) is 6.07 Å². The monoisotopic (exact) mass is 864 g/mol. The molecule has 5 nitrogen and oxygen atoms in total. The first-order valence-corrected chi connectivity index (χ1v) is 23.0. The largest absolute Gasteiger partial charge is 0.416 e. The topological polar surface area (TPSA) is 67.4 Å². The molecule has 0 heterocycles.